The number of hydrogen-bond donors (Lipinski definition) is 1. The largest absolute Gasteiger partial charge is 0.469 e. The lowest BCUT2D eigenvalue weighted by Gasteiger charge is -2.06. The van der Waals surface area contributed by atoms with Crippen LogP contribution in [0.2, 0.25) is 0 Å². The number of carbonyl (C=O) groups is 1. The molecule has 0 bridgehead atoms. The van der Waals surface area contributed by atoms with Crippen LogP contribution in [0.1, 0.15) is 13.3 Å². The molecule has 1 unspecified atom stereocenters. The minimum absolute atomic E-state index is 0. The SMILES string of the molecule is CCC(C[SH](=O)=O)C(=O)OC.Cl. The number of thiol groups is 1. The Kier molecular flexibility index (Phi) is 8.74. The summed E-state index contributed by atoms with van der Waals surface area (Å²) in [5.41, 5.74) is 0. The Labute approximate surface area is 79.6 Å². The Bertz CT molecular complexity index is 194. The average Bonchev–Trinajstić information content (AvgIpc) is 1.98. The molecule has 0 heterocycles. The minimum Gasteiger partial charge on any atom is -0.469 e. The van der Waals surface area contributed by atoms with Crippen LogP contribution in [0.5, 0.6) is 0 Å². The van der Waals surface area contributed by atoms with E-state index in [1.54, 1.807) is 6.92 Å². The summed E-state index contributed by atoms with van der Waals surface area (Å²) in [4.78, 5) is 10.8. The van der Waals surface area contributed by atoms with Crippen molar-refractivity contribution in [2.24, 2.45) is 5.92 Å². The molecule has 0 rings (SSSR count). The summed E-state index contributed by atoms with van der Waals surface area (Å²) in [5.74, 6) is -1.06. The lowest BCUT2D eigenvalue weighted by atomic mass is 10.1. The maximum absolute atomic E-state index is 10.8. The molecule has 0 aromatic carbocycles. The molecular formula is C6H13ClO4S. The van der Waals surface area contributed by atoms with Crippen molar-refractivity contribution in [1.29, 1.82) is 0 Å². The van der Waals surface area contributed by atoms with E-state index in [0.717, 1.165) is 0 Å². The zero-order chi connectivity index (χ0) is 8.85. The summed E-state index contributed by atoms with van der Waals surface area (Å²) in [6, 6.07) is 0. The van der Waals surface area contributed by atoms with Gasteiger partial charge in [0.2, 0.25) is 0 Å². The Hall–Kier alpha value is -0.290. The summed E-state index contributed by atoms with van der Waals surface area (Å²) in [5, 5.41) is 0. The van der Waals surface area contributed by atoms with Crippen LogP contribution >= 0.6 is 12.4 Å². The van der Waals surface area contributed by atoms with Gasteiger partial charge in [-0.2, -0.15) is 0 Å². The van der Waals surface area contributed by atoms with Gasteiger partial charge in [0.15, 0.2) is 0 Å². The molecule has 4 nitrogen and oxygen atoms in total. The Morgan fingerprint density at radius 2 is 2.00 bits per heavy atom. The van der Waals surface area contributed by atoms with Gasteiger partial charge < -0.3 is 4.74 Å². The molecule has 0 saturated heterocycles. The molecule has 0 aliphatic rings. The second kappa shape index (κ2) is 7.36. The summed E-state index contributed by atoms with van der Waals surface area (Å²) in [6.45, 7) is 1.75. The molecular weight excluding hydrogens is 204 g/mol. The lowest BCUT2D eigenvalue weighted by molar-refractivity contribution is -0.144. The van der Waals surface area contributed by atoms with Crippen molar-refractivity contribution < 1.29 is 17.9 Å². The fraction of sp³-hybridized carbons (Fsp3) is 0.833. The second-order valence-electron chi connectivity index (χ2n) is 2.14. The highest BCUT2D eigenvalue weighted by molar-refractivity contribution is 7.72. The Morgan fingerprint density at radius 3 is 2.25 bits per heavy atom. The van der Waals surface area contributed by atoms with E-state index in [-0.39, 0.29) is 18.2 Å². The molecule has 0 N–H and O–H groups in total. The van der Waals surface area contributed by atoms with Crippen LogP contribution < -0.4 is 0 Å². The van der Waals surface area contributed by atoms with Crippen molar-refractivity contribution in [3.8, 4) is 0 Å². The Balaban J connectivity index is 0. The van der Waals surface area contributed by atoms with Crippen LogP contribution in [0.4, 0.5) is 0 Å². The monoisotopic (exact) mass is 216 g/mol. The molecule has 0 radical (unpaired) electrons. The van der Waals surface area contributed by atoms with Crippen LogP contribution in [-0.4, -0.2) is 27.2 Å². The van der Waals surface area contributed by atoms with Gasteiger partial charge >= 0.3 is 5.97 Å². The molecule has 0 saturated carbocycles. The molecule has 0 aromatic rings. The van der Waals surface area contributed by atoms with E-state index in [4.69, 9.17) is 0 Å². The first-order valence-corrected chi connectivity index (χ1v) is 4.67. The molecule has 0 aliphatic carbocycles. The van der Waals surface area contributed by atoms with Crippen LogP contribution in [0.25, 0.3) is 0 Å². The number of esters is 1. The zero-order valence-corrected chi connectivity index (χ0v) is 8.69. The van der Waals surface area contributed by atoms with E-state index in [0.29, 0.717) is 6.42 Å². The number of rotatable bonds is 4. The van der Waals surface area contributed by atoms with E-state index in [1.165, 1.54) is 7.11 Å². The molecule has 0 aliphatic heterocycles. The van der Waals surface area contributed by atoms with Gasteiger partial charge in [-0.3, -0.25) is 4.79 Å². The molecule has 0 spiro atoms. The third-order valence-electron chi connectivity index (χ3n) is 1.40. The van der Waals surface area contributed by atoms with E-state index in [1.807, 2.05) is 0 Å². The highest BCUT2D eigenvalue weighted by Gasteiger charge is 2.17. The number of hydrogen-bond acceptors (Lipinski definition) is 4. The summed E-state index contributed by atoms with van der Waals surface area (Å²) in [7, 11) is -1.23. The van der Waals surface area contributed by atoms with Gasteiger partial charge in [-0.1, -0.05) is 6.92 Å². The third kappa shape index (κ3) is 5.37. The average molecular weight is 217 g/mol. The summed E-state index contributed by atoms with van der Waals surface area (Å²) >= 11 is 0. The van der Waals surface area contributed by atoms with Crippen LogP contribution in [0.3, 0.4) is 0 Å². The molecule has 1 atom stereocenters. The van der Waals surface area contributed by atoms with Gasteiger partial charge in [0.1, 0.15) is 10.7 Å². The highest BCUT2D eigenvalue weighted by atomic mass is 35.5. The first-order chi connectivity index (χ1) is 5.11. The van der Waals surface area contributed by atoms with Crippen molar-refractivity contribution in [2.45, 2.75) is 13.3 Å². The van der Waals surface area contributed by atoms with E-state index in [2.05, 4.69) is 4.74 Å². The smallest absolute Gasteiger partial charge is 0.309 e. The van der Waals surface area contributed by atoms with Gasteiger partial charge in [-0.25, -0.2) is 8.42 Å². The van der Waals surface area contributed by atoms with E-state index in [9.17, 15) is 13.2 Å². The fourth-order valence-electron chi connectivity index (χ4n) is 0.717. The first kappa shape index (κ1) is 14.2. The first-order valence-electron chi connectivity index (χ1n) is 3.31. The molecule has 0 amide bonds. The second-order valence-corrected chi connectivity index (χ2v) is 3.17. The van der Waals surface area contributed by atoms with Crippen molar-refractivity contribution in [1.82, 2.24) is 0 Å². The van der Waals surface area contributed by atoms with Gasteiger partial charge in [0, 0.05) is 0 Å². The molecule has 74 valence electrons. The van der Waals surface area contributed by atoms with Gasteiger partial charge in [0.05, 0.1) is 18.8 Å². The van der Waals surface area contributed by atoms with Gasteiger partial charge in [-0.05, 0) is 6.42 Å². The molecule has 0 fully saturated rings. The molecule has 6 heteroatoms. The predicted octanol–water partition coefficient (Wildman–Crippen LogP) is 0.219. The van der Waals surface area contributed by atoms with Crippen molar-refractivity contribution in [3.05, 3.63) is 0 Å². The normalized spacial score (nSPS) is 11.9. The number of methoxy groups -OCH3 is 1. The standard InChI is InChI=1S/C6H12O4S.ClH/c1-3-5(4-11(8)9)6(7)10-2;/h5,11H,3-4H2,1-2H3;1H. The predicted molar refractivity (Wildman–Crippen MR) is 48.2 cm³/mol. The quantitative estimate of drug-likeness (QED) is 0.540. The maximum atomic E-state index is 10.8. The van der Waals surface area contributed by atoms with Gasteiger partial charge in [-0.15, -0.1) is 12.4 Å². The van der Waals surface area contributed by atoms with Crippen molar-refractivity contribution in [3.63, 3.8) is 0 Å². The minimum atomic E-state index is -2.48. The highest BCUT2D eigenvalue weighted by Crippen LogP contribution is 2.04. The lowest BCUT2D eigenvalue weighted by Crippen LogP contribution is -2.19. The van der Waals surface area contributed by atoms with Crippen LogP contribution in [0, 0.1) is 5.92 Å². The molecule has 0 aromatic heterocycles. The van der Waals surface area contributed by atoms with Crippen molar-refractivity contribution in [2.75, 3.05) is 12.9 Å². The Morgan fingerprint density at radius 1 is 1.50 bits per heavy atom. The zero-order valence-electron chi connectivity index (χ0n) is 6.98. The molecule has 12 heavy (non-hydrogen) atoms. The van der Waals surface area contributed by atoms with Crippen LogP contribution in [0.15, 0.2) is 0 Å². The number of ether oxygens (including phenoxy) is 1. The third-order valence-corrected chi connectivity index (χ3v) is 2.14. The van der Waals surface area contributed by atoms with Gasteiger partial charge in [0.25, 0.3) is 0 Å². The number of carbonyl (C=O) groups excluding carboxylic acids is 1. The van der Waals surface area contributed by atoms with E-state index < -0.39 is 22.6 Å². The van der Waals surface area contributed by atoms with Crippen LogP contribution in [-0.2, 0) is 20.2 Å². The number of halogens is 1. The van der Waals surface area contributed by atoms with Crippen molar-refractivity contribution >= 4 is 29.1 Å². The summed E-state index contributed by atoms with van der Waals surface area (Å²) in [6.07, 6.45) is 0.496. The van der Waals surface area contributed by atoms with E-state index >= 15 is 0 Å². The topological polar surface area (TPSA) is 60.4 Å². The fourth-order valence-corrected chi connectivity index (χ4v) is 1.48. The summed E-state index contributed by atoms with van der Waals surface area (Å²) < 4.78 is 24.8. The maximum Gasteiger partial charge on any atom is 0.309 e.